The van der Waals surface area contributed by atoms with Gasteiger partial charge in [0.15, 0.2) is 0 Å². The molecule has 0 aliphatic carbocycles. The Morgan fingerprint density at radius 2 is 1.94 bits per heavy atom. The van der Waals surface area contributed by atoms with E-state index in [4.69, 9.17) is 4.74 Å². The Bertz CT molecular complexity index is 273. The van der Waals surface area contributed by atoms with Crippen molar-refractivity contribution in [2.45, 2.75) is 24.9 Å². The van der Waals surface area contributed by atoms with Gasteiger partial charge in [-0.25, -0.2) is 0 Å². The van der Waals surface area contributed by atoms with Crippen LogP contribution in [0.4, 0.5) is 22.0 Å². The molecule has 1 atom stereocenters. The predicted molar refractivity (Wildman–Crippen MR) is 47.6 cm³/mol. The minimum absolute atomic E-state index is 0.106. The number of hydrogen-bond acceptors (Lipinski definition) is 2. The highest BCUT2D eigenvalue weighted by molar-refractivity contribution is 5.84. The Morgan fingerprint density at radius 3 is 2.41 bits per heavy atom. The van der Waals surface area contributed by atoms with Gasteiger partial charge in [0.05, 0.1) is 0 Å². The summed E-state index contributed by atoms with van der Waals surface area (Å²) in [6, 6.07) is 0. The number of hydrogen-bond donors (Lipinski definition) is 1. The van der Waals surface area contributed by atoms with E-state index < -0.39 is 18.0 Å². The molecule has 1 unspecified atom stereocenters. The van der Waals surface area contributed by atoms with Crippen molar-refractivity contribution in [2.75, 3.05) is 19.8 Å². The maximum absolute atomic E-state index is 12.5. The Kier molecular flexibility index (Phi) is 4.29. The first-order chi connectivity index (χ1) is 7.75. The average Bonchev–Trinajstić information content (AvgIpc) is 2.68. The highest BCUT2D eigenvalue weighted by Crippen LogP contribution is 2.35. The van der Waals surface area contributed by atoms with E-state index in [1.165, 1.54) is 0 Å². The van der Waals surface area contributed by atoms with Crippen molar-refractivity contribution in [2.24, 2.45) is 5.92 Å². The number of ether oxygens (including phenoxy) is 1. The molecule has 0 spiro atoms. The molecule has 1 fully saturated rings. The van der Waals surface area contributed by atoms with Crippen LogP contribution in [0.1, 0.15) is 12.8 Å². The maximum Gasteiger partial charge on any atom is 0.463 e. The lowest BCUT2D eigenvalue weighted by molar-refractivity contribution is -0.269. The molecular formula is C9H12F5NO2. The molecule has 1 amide bonds. The third-order valence-corrected chi connectivity index (χ3v) is 2.50. The van der Waals surface area contributed by atoms with Gasteiger partial charge in [-0.2, -0.15) is 22.0 Å². The minimum atomic E-state index is -5.85. The number of nitrogens with one attached hydrogen (secondary N) is 1. The lowest BCUT2D eigenvalue weighted by Crippen LogP contribution is -2.50. The highest BCUT2D eigenvalue weighted by Gasteiger charge is 2.63. The second kappa shape index (κ2) is 5.16. The number of halogens is 5. The van der Waals surface area contributed by atoms with Gasteiger partial charge in [0.1, 0.15) is 0 Å². The van der Waals surface area contributed by atoms with Crippen molar-refractivity contribution < 1.29 is 31.5 Å². The van der Waals surface area contributed by atoms with Crippen LogP contribution < -0.4 is 5.32 Å². The predicted octanol–water partition coefficient (Wildman–Crippen LogP) is 1.73. The normalized spacial score (nSPS) is 21.6. The molecule has 0 aromatic rings. The Balaban J connectivity index is 2.33. The minimum Gasteiger partial charge on any atom is -0.381 e. The number of carbonyl (C=O) groups excluding carboxylic acids is 1. The van der Waals surface area contributed by atoms with Gasteiger partial charge in [0, 0.05) is 19.8 Å². The Labute approximate surface area is 94.3 Å². The first-order valence-electron chi connectivity index (χ1n) is 5.05. The zero-order chi connectivity index (χ0) is 13.1. The van der Waals surface area contributed by atoms with Crippen molar-refractivity contribution in [3.05, 3.63) is 0 Å². The standard InChI is InChI=1S/C9H12F5NO2/c10-8(11,9(12,13)14)7(16)15-3-1-6-2-4-17-5-6/h6H,1-5H2,(H,15,16). The zero-order valence-electron chi connectivity index (χ0n) is 8.82. The lowest BCUT2D eigenvalue weighted by atomic mass is 10.1. The van der Waals surface area contributed by atoms with Crippen LogP contribution in [0.5, 0.6) is 0 Å². The summed E-state index contributed by atoms with van der Waals surface area (Å²) < 4.78 is 65.3. The summed E-state index contributed by atoms with van der Waals surface area (Å²) in [6.45, 7) is 0.793. The molecular weight excluding hydrogens is 249 g/mol. The monoisotopic (exact) mass is 261 g/mol. The average molecular weight is 261 g/mol. The molecule has 1 aliphatic rings. The van der Waals surface area contributed by atoms with Crippen LogP contribution in [0.25, 0.3) is 0 Å². The fourth-order valence-corrected chi connectivity index (χ4v) is 1.44. The van der Waals surface area contributed by atoms with Gasteiger partial charge in [-0.05, 0) is 18.8 Å². The lowest BCUT2D eigenvalue weighted by Gasteiger charge is -2.19. The molecule has 100 valence electrons. The Morgan fingerprint density at radius 1 is 1.29 bits per heavy atom. The van der Waals surface area contributed by atoms with Crippen LogP contribution in [0.3, 0.4) is 0 Å². The Hall–Kier alpha value is -0.920. The van der Waals surface area contributed by atoms with E-state index in [1.54, 1.807) is 5.32 Å². The highest BCUT2D eigenvalue weighted by atomic mass is 19.4. The third-order valence-electron chi connectivity index (χ3n) is 2.50. The summed E-state index contributed by atoms with van der Waals surface area (Å²) in [5.41, 5.74) is 0. The summed E-state index contributed by atoms with van der Waals surface area (Å²) in [4.78, 5) is 10.7. The van der Waals surface area contributed by atoms with Crippen molar-refractivity contribution in [1.29, 1.82) is 0 Å². The van der Waals surface area contributed by atoms with E-state index in [0.29, 0.717) is 19.6 Å². The summed E-state index contributed by atoms with van der Waals surface area (Å²) in [5.74, 6) is -7.53. The maximum atomic E-state index is 12.5. The SMILES string of the molecule is O=C(NCCC1CCOC1)C(F)(F)C(F)(F)F. The molecule has 17 heavy (non-hydrogen) atoms. The van der Waals surface area contributed by atoms with Crippen LogP contribution in [-0.4, -0.2) is 37.8 Å². The summed E-state index contributed by atoms with van der Waals surface area (Å²) >= 11 is 0. The smallest absolute Gasteiger partial charge is 0.381 e. The second-order valence-electron chi connectivity index (χ2n) is 3.85. The van der Waals surface area contributed by atoms with Gasteiger partial charge in [-0.3, -0.25) is 4.79 Å². The number of alkyl halides is 5. The summed E-state index contributed by atoms with van der Waals surface area (Å²) in [7, 11) is 0. The van der Waals surface area contributed by atoms with E-state index in [0.717, 1.165) is 6.42 Å². The summed E-state index contributed by atoms with van der Waals surface area (Å²) in [5, 5.41) is 1.59. The van der Waals surface area contributed by atoms with Gasteiger partial charge in [-0.1, -0.05) is 0 Å². The van der Waals surface area contributed by atoms with Crippen molar-refractivity contribution in [3.8, 4) is 0 Å². The molecule has 0 aromatic carbocycles. The fourth-order valence-electron chi connectivity index (χ4n) is 1.44. The molecule has 1 rings (SSSR count). The molecule has 1 heterocycles. The van der Waals surface area contributed by atoms with E-state index in [2.05, 4.69) is 0 Å². The first-order valence-corrected chi connectivity index (χ1v) is 5.05. The molecule has 0 saturated carbocycles. The van der Waals surface area contributed by atoms with E-state index in [-0.39, 0.29) is 12.5 Å². The van der Waals surface area contributed by atoms with Crippen molar-refractivity contribution in [1.82, 2.24) is 5.32 Å². The van der Waals surface area contributed by atoms with Crippen LogP contribution in [-0.2, 0) is 9.53 Å². The molecule has 1 saturated heterocycles. The number of rotatable bonds is 4. The second-order valence-corrected chi connectivity index (χ2v) is 3.85. The molecule has 8 heteroatoms. The van der Waals surface area contributed by atoms with Gasteiger partial charge < -0.3 is 10.1 Å². The molecule has 1 N–H and O–H groups in total. The molecule has 0 aromatic heterocycles. The van der Waals surface area contributed by atoms with E-state index in [1.807, 2.05) is 0 Å². The van der Waals surface area contributed by atoms with E-state index >= 15 is 0 Å². The molecule has 1 aliphatic heterocycles. The topological polar surface area (TPSA) is 38.3 Å². The van der Waals surface area contributed by atoms with Crippen LogP contribution in [0.15, 0.2) is 0 Å². The number of amides is 1. The van der Waals surface area contributed by atoms with Crippen LogP contribution in [0.2, 0.25) is 0 Å². The third kappa shape index (κ3) is 3.52. The first kappa shape index (κ1) is 14.1. The van der Waals surface area contributed by atoms with E-state index in [9.17, 15) is 26.7 Å². The summed E-state index contributed by atoms with van der Waals surface area (Å²) in [6.07, 6.45) is -4.79. The fraction of sp³-hybridized carbons (Fsp3) is 0.889. The number of carbonyl (C=O) groups is 1. The molecule has 0 radical (unpaired) electrons. The molecule has 0 bridgehead atoms. The molecule has 3 nitrogen and oxygen atoms in total. The largest absolute Gasteiger partial charge is 0.463 e. The van der Waals surface area contributed by atoms with Crippen LogP contribution in [0, 0.1) is 5.92 Å². The van der Waals surface area contributed by atoms with Crippen molar-refractivity contribution in [3.63, 3.8) is 0 Å². The van der Waals surface area contributed by atoms with Gasteiger partial charge >= 0.3 is 12.1 Å². The van der Waals surface area contributed by atoms with Crippen LogP contribution >= 0.6 is 0 Å². The van der Waals surface area contributed by atoms with Crippen molar-refractivity contribution >= 4 is 5.91 Å². The van der Waals surface area contributed by atoms with Gasteiger partial charge in [0.2, 0.25) is 0 Å². The van der Waals surface area contributed by atoms with Gasteiger partial charge in [-0.15, -0.1) is 0 Å². The quantitative estimate of drug-likeness (QED) is 0.783. The zero-order valence-corrected chi connectivity index (χ0v) is 8.82. The van der Waals surface area contributed by atoms with Gasteiger partial charge in [0.25, 0.3) is 5.91 Å².